The topological polar surface area (TPSA) is 79.5 Å². The second-order valence-electron chi connectivity index (χ2n) is 7.51. The summed E-state index contributed by atoms with van der Waals surface area (Å²) in [5.74, 6) is 1.17. The highest BCUT2D eigenvalue weighted by Crippen LogP contribution is 2.48. The van der Waals surface area contributed by atoms with E-state index in [1.165, 1.54) is 0 Å². The summed E-state index contributed by atoms with van der Waals surface area (Å²) in [5, 5.41) is 18.6. The Labute approximate surface area is 163 Å². The van der Waals surface area contributed by atoms with E-state index in [1.54, 1.807) is 4.90 Å². The minimum Gasteiger partial charge on any atom is -0.424 e. The fourth-order valence-corrected chi connectivity index (χ4v) is 4.31. The zero-order valence-electron chi connectivity index (χ0n) is 15.2. The van der Waals surface area contributed by atoms with E-state index in [0.29, 0.717) is 29.6 Å². The molecule has 0 bridgehead atoms. The van der Waals surface area contributed by atoms with Gasteiger partial charge in [0, 0.05) is 24.4 Å². The van der Waals surface area contributed by atoms with Crippen molar-refractivity contribution in [3.05, 3.63) is 46.6 Å². The predicted molar refractivity (Wildman–Crippen MR) is 101 cm³/mol. The van der Waals surface area contributed by atoms with Gasteiger partial charge in [-0.15, -0.1) is 10.2 Å². The fraction of sp³-hybridized carbons (Fsp3) is 0.550. The smallest absolute Gasteiger partial charge is 0.227 e. The van der Waals surface area contributed by atoms with Crippen LogP contribution >= 0.6 is 11.6 Å². The zero-order chi connectivity index (χ0) is 18.9. The number of hydrogen-bond acceptors (Lipinski definition) is 5. The van der Waals surface area contributed by atoms with Crippen molar-refractivity contribution in [3.8, 4) is 0 Å². The van der Waals surface area contributed by atoms with Gasteiger partial charge in [-0.05, 0) is 43.4 Å². The third-order valence-corrected chi connectivity index (χ3v) is 6.19. The second kappa shape index (κ2) is 7.60. The van der Waals surface area contributed by atoms with Crippen molar-refractivity contribution in [1.29, 1.82) is 0 Å². The van der Waals surface area contributed by atoms with E-state index in [2.05, 4.69) is 10.2 Å². The molecule has 27 heavy (non-hydrogen) atoms. The van der Waals surface area contributed by atoms with Gasteiger partial charge in [-0.3, -0.25) is 4.79 Å². The lowest BCUT2D eigenvalue weighted by atomic mass is 9.64. The maximum atomic E-state index is 12.4. The lowest BCUT2D eigenvalue weighted by molar-refractivity contribution is -0.132. The van der Waals surface area contributed by atoms with Gasteiger partial charge in [0.15, 0.2) is 0 Å². The molecule has 4 rings (SSSR count). The van der Waals surface area contributed by atoms with Crippen LogP contribution in [-0.2, 0) is 16.6 Å². The lowest BCUT2D eigenvalue weighted by Gasteiger charge is -2.39. The van der Waals surface area contributed by atoms with Gasteiger partial charge in [-0.25, -0.2) is 0 Å². The number of aliphatic hydroxyl groups is 1. The van der Waals surface area contributed by atoms with Crippen LogP contribution in [0.15, 0.2) is 28.7 Å². The summed E-state index contributed by atoms with van der Waals surface area (Å²) in [7, 11) is 0. The van der Waals surface area contributed by atoms with Crippen LogP contribution in [0.2, 0.25) is 5.02 Å². The van der Waals surface area contributed by atoms with Crippen molar-refractivity contribution in [2.24, 2.45) is 0 Å². The molecule has 1 N–H and O–H groups in total. The average molecular weight is 390 g/mol. The van der Waals surface area contributed by atoms with Crippen LogP contribution in [0.1, 0.15) is 55.9 Å². The molecule has 1 atom stereocenters. The Balaban J connectivity index is 1.44. The van der Waals surface area contributed by atoms with E-state index in [4.69, 9.17) is 16.0 Å². The van der Waals surface area contributed by atoms with Gasteiger partial charge in [0.1, 0.15) is 0 Å². The number of amides is 1. The maximum Gasteiger partial charge on any atom is 0.227 e. The summed E-state index contributed by atoms with van der Waals surface area (Å²) < 4.78 is 5.97. The Morgan fingerprint density at radius 2 is 2.04 bits per heavy atom. The van der Waals surface area contributed by atoms with Crippen molar-refractivity contribution in [2.45, 2.75) is 56.4 Å². The van der Waals surface area contributed by atoms with Gasteiger partial charge in [0.05, 0.1) is 18.1 Å². The highest BCUT2D eigenvalue weighted by Gasteiger charge is 2.45. The first-order valence-electron chi connectivity index (χ1n) is 9.61. The molecule has 144 valence electrons. The van der Waals surface area contributed by atoms with E-state index in [0.717, 1.165) is 44.2 Å². The normalized spacial score (nSPS) is 21.3. The Morgan fingerprint density at radius 1 is 1.26 bits per heavy atom. The van der Waals surface area contributed by atoms with E-state index < -0.39 is 0 Å². The number of hydrogen-bond donors (Lipinski definition) is 1. The number of carbonyl (C=O) groups excluding carboxylic acids is 1. The maximum absolute atomic E-state index is 12.4. The summed E-state index contributed by atoms with van der Waals surface area (Å²) >= 11 is 6.02. The Morgan fingerprint density at radius 3 is 2.70 bits per heavy atom. The van der Waals surface area contributed by atoms with E-state index in [1.807, 2.05) is 24.3 Å². The quantitative estimate of drug-likeness (QED) is 0.821. The van der Waals surface area contributed by atoms with Crippen molar-refractivity contribution >= 4 is 17.5 Å². The molecule has 1 amide bonds. The van der Waals surface area contributed by atoms with Crippen LogP contribution in [0.25, 0.3) is 0 Å². The highest BCUT2D eigenvalue weighted by molar-refractivity contribution is 6.30. The minimum absolute atomic E-state index is 0.0278. The summed E-state index contributed by atoms with van der Waals surface area (Å²) in [4.78, 5) is 14.2. The van der Waals surface area contributed by atoms with Crippen molar-refractivity contribution in [1.82, 2.24) is 15.1 Å². The van der Waals surface area contributed by atoms with Crippen LogP contribution < -0.4 is 0 Å². The molecule has 2 aromatic rings. The lowest BCUT2D eigenvalue weighted by Crippen LogP contribution is -2.37. The van der Waals surface area contributed by atoms with Gasteiger partial charge in [0.25, 0.3) is 0 Å². The fourth-order valence-electron chi connectivity index (χ4n) is 4.18. The molecular weight excluding hydrogens is 366 g/mol. The molecule has 1 aliphatic carbocycles. The number of nitrogens with zero attached hydrogens (tertiary/aromatic N) is 3. The molecule has 0 spiro atoms. The highest BCUT2D eigenvalue weighted by atomic mass is 35.5. The Bertz CT molecular complexity index is 801. The predicted octanol–water partition coefficient (Wildman–Crippen LogP) is 3.11. The summed E-state index contributed by atoms with van der Waals surface area (Å²) in [5.41, 5.74) is 0.920. The van der Waals surface area contributed by atoms with Crippen molar-refractivity contribution in [3.63, 3.8) is 0 Å². The molecular formula is C20H24ClN3O3. The first-order valence-corrected chi connectivity index (χ1v) is 9.99. The molecule has 1 saturated heterocycles. The molecule has 7 heteroatoms. The van der Waals surface area contributed by atoms with Gasteiger partial charge in [-0.1, -0.05) is 30.2 Å². The van der Waals surface area contributed by atoms with E-state index in [-0.39, 0.29) is 24.0 Å². The largest absolute Gasteiger partial charge is 0.424 e. The van der Waals surface area contributed by atoms with Crippen LogP contribution in [0.3, 0.4) is 0 Å². The first-order chi connectivity index (χ1) is 13.1. The van der Waals surface area contributed by atoms with Gasteiger partial charge >= 0.3 is 0 Å². The standard InChI is InChI=1S/C20H24ClN3O3/c21-15-6-4-14(5-7-15)20(10-2-11-20)19-23-22-17(27-19)8-9-18(26)24-12-1-3-16(24)13-25/h4-7,16,25H,1-3,8-13H2/t16-/m0/s1. The number of carbonyl (C=O) groups is 1. The molecule has 2 aliphatic rings. The third kappa shape index (κ3) is 3.48. The molecule has 1 aromatic heterocycles. The molecule has 0 unspecified atom stereocenters. The van der Waals surface area contributed by atoms with Crippen LogP contribution in [0.4, 0.5) is 0 Å². The van der Waals surface area contributed by atoms with Crippen LogP contribution in [0, 0.1) is 0 Å². The van der Waals surface area contributed by atoms with Crippen molar-refractivity contribution < 1.29 is 14.3 Å². The molecule has 0 radical (unpaired) electrons. The molecule has 1 aromatic carbocycles. The third-order valence-electron chi connectivity index (χ3n) is 5.94. The van der Waals surface area contributed by atoms with Gasteiger partial charge in [0.2, 0.25) is 17.7 Å². The van der Waals surface area contributed by atoms with Crippen molar-refractivity contribution in [2.75, 3.05) is 13.2 Å². The Hall–Kier alpha value is -1.92. The number of halogens is 1. The van der Waals surface area contributed by atoms with E-state index in [9.17, 15) is 9.90 Å². The monoisotopic (exact) mass is 389 g/mol. The number of aryl methyl sites for hydroxylation is 1. The number of likely N-dealkylation sites (tertiary alicyclic amines) is 1. The summed E-state index contributed by atoms with van der Waals surface area (Å²) in [6, 6.07) is 7.79. The van der Waals surface area contributed by atoms with Crippen LogP contribution in [-0.4, -0.2) is 45.3 Å². The SMILES string of the molecule is O=C(CCc1nnc(C2(c3ccc(Cl)cc3)CCC2)o1)N1CCC[C@H]1CO. The summed E-state index contributed by atoms with van der Waals surface area (Å²) in [6.07, 6.45) is 5.64. The van der Waals surface area contributed by atoms with Gasteiger partial charge in [-0.2, -0.15) is 0 Å². The molecule has 1 aliphatic heterocycles. The Kier molecular flexibility index (Phi) is 5.19. The second-order valence-corrected chi connectivity index (χ2v) is 7.95. The van der Waals surface area contributed by atoms with E-state index >= 15 is 0 Å². The number of rotatable bonds is 6. The molecule has 2 heterocycles. The minimum atomic E-state index is -0.225. The number of benzene rings is 1. The van der Waals surface area contributed by atoms with Gasteiger partial charge < -0.3 is 14.4 Å². The summed E-state index contributed by atoms with van der Waals surface area (Å²) in [6.45, 7) is 0.749. The molecule has 1 saturated carbocycles. The number of aliphatic hydroxyl groups excluding tert-OH is 1. The molecule has 2 fully saturated rings. The molecule has 6 nitrogen and oxygen atoms in total. The first kappa shape index (κ1) is 18.4. The zero-order valence-corrected chi connectivity index (χ0v) is 16.0. The van der Waals surface area contributed by atoms with Crippen LogP contribution in [0.5, 0.6) is 0 Å². The average Bonchev–Trinajstić information content (AvgIpc) is 3.30. The number of aromatic nitrogens is 2.